The average Bonchev–Trinajstić information content (AvgIpc) is 2.76. The molecule has 1 aliphatic rings. The van der Waals surface area contributed by atoms with Crippen LogP contribution in [0.5, 0.6) is 0 Å². The predicted molar refractivity (Wildman–Crippen MR) is 56.5 cm³/mol. The Morgan fingerprint density at radius 1 is 1.33 bits per heavy atom. The molecule has 1 aliphatic heterocycles. The van der Waals surface area contributed by atoms with Crippen molar-refractivity contribution in [2.75, 3.05) is 20.3 Å². The van der Waals surface area contributed by atoms with Crippen LogP contribution in [0.15, 0.2) is 30.3 Å². The van der Waals surface area contributed by atoms with Crippen LogP contribution in [0.25, 0.3) is 0 Å². The summed E-state index contributed by atoms with van der Waals surface area (Å²) in [6, 6.07) is 10.2. The van der Waals surface area contributed by atoms with Crippen LogP contribution in [0.4, 0.5) is 0 Å². The van der Waals surface area contributed by atoms with Gasteiger partial charge in [-0.25, -0.2) is 0 Å². The van der Waals surface area contributed by atoms with Gasteiger partial charge in [0.25, 0.3) is 0 Å². The topological polar surface area (TPSA) is 27.7 Å². The Balaban J connectivity index is 1.87. The van der Waals surface area contributed by atoms with Crippen LogP contribution < -0.4 is 0 Å². The monoisotopic (exact) mass is 208 g/mol. The molecule has 0 bridgehead atoms. The first-order valence-corrected chi connectivity index (χ1v) is 5.21. The molecule has 0 radical (unpaired) electrons. The molecule has 1 saturated heterocycles. The van der Waals surface area contributed by atoms with Gasteiger partial charge in [-0.2, -0.15) is 0 Å². The summed E-state index contributed by atoms with van der Waals surface area (Å²) in [5, 5.41) is 0. The standard InChI is InChI=1S/C12H16O3/c1-13-8-7-12-14-9-11(15-12)10-5-3-2-4-6-10/h2-6,11-12H,7-9H2,1H3/t11-,12+/m0/s1. The smallest absolute Gasteiger partial charge is 0.160 e. The van der Waals surface area contributed by atoms with Gasteiger partial charge < -0.3 is 14.2 Å². The van der Waals surface area contributed by atoms with E-state index < -0.39 is 0 Å². The van der Waals surface area contributed by atoms with Crippen molar-refractivity contribution in [1.82, 2.24) is 0 Å². The Bertz CT molecular complexity index is 286. The minimum Gasteiger partial charge on any atom is -0.384 e. The molecular formula is C12H16O3. The summed E-state index contributed by atoms with van der Waals surface area (Å²) in [7, 11) is 1.68. The van der Waals surface area contributed by atoms with E-state index in [-0.39, 0.29) is 12.4 Å². The van der Waals surface area contributed by atoms with Crippen LogP contribution in [-0.4, -0.2) is 26.6 Å². The number of ether oxygens (including phenoxy) is 3. The molecule has 2 atom stereocenters. The fourth-order valence-electron chi connectivity index (χ4n) is 1.66. The number of rotatable bonds is 4. The molecule has 0 spiro atoms. The number of benzene rings is 1. The maximum absolute atomic E-state index is 5.75. The summed E-state index contributed by atoms with van der Waals surface area (Å²) in [4.78, 5) is 0. The van der Waals surface area contributed by atoms with E-state index in [0.717, 1.165) is 6.42 Å². The van der Waals surface area contributed by atoms with Crippen molar-refractivity contribution in [2.45, 2.75) is 18.8 Å². The largest absolute Gasteiger partial charge is 0.384 e. The lowest BCUT2D eigenvalue weighted by molar-refractivity contribution is -0.0727. The fraction of sp³-hybridized carbons (Fsp3) is 0.500. The molecule has 82 valence electrons. The molecule has 0 aliphatic carbocycles. The normalized spacial score (nSPS) is 25.7. The summed E-state index contributed by atoms with van der Waals surface area (Å²) >= 11 is 0. The van der Waals surface area contributed by atoms with Gasteiger partial charge in [0, 0.05) is 13.5 Å². The van der Waals surface area contributed by atoms with E-state index in [2.05, 4.69) is 12.1 Å². The quantitative estimate of drug-likeness (QED) is 0.758. The molecule has 0 N–H and O–H groups in total. The molecule has 0 amide bonds. The lowest BCUT2D eigenvalue weighted by atomic mass is 10.1. The number of hydrogen-bond acceptors (Lipinski definition) is 3. The predicted octanol–water partition coefficient (Wildman–Crippen LogP) is 2.14. The fourth-order valence-corrected chi connectivity index (χ4v) is 1.66. The first-order valence-electron chi connectivity index (χ1n) is 5.21. The Labute approximate surface area is 90.0 Å². The SMILES string of the molecule is COCC[C@@H]1OC[C@@H](c2ccccc2)O1. The van der Waals surface area contributed by atoms with Crippen molar-refractivity contribution in [1.29, 1.82) is 0 Å². The third-order valence-electron chi connectivity index (χ3n) is 2.48. The molecular weight excluding hydrogens is 192 g/mol. The van der Waals surface area contributed by atoms with Crippen molar-refractivity contribution in [3.05, 3.63) is 35.9 Å². The van der Waals surface area contributed by atoms with Crippen molar-refractivity contribution in [2.24, 2.45) is 0 Å². The molecule has 1 aromatic carbocycles. The second kappa shape index (κ2) is 5.26. The van der Waals surface area contributed by atoms with E-state index in [4.69, 9.17) is 14.2 Å². The maximum atomic E-state index is 5.75. The first kappa shape index (κ1) is 10.6. The van der Waals surface area contributed by atoms with Crippen LogP contribution in [0, 0.1) is 0 Å². The number of hydrogen-bond donors (Lipinski definition) is 0. The van der Waals surface area contributed by atoms with Crippen molar-refractivity contribution < 1.29 is 14.2 Å². The highest BCUT2D eigenvalue weighted by Crippen LogP contribution is 2.27. The first-order chi connectivity index (χ1) is 7.40. The molecule has 3 heteroatoms. The Hall–Kier alpha value is -0.900. The highest BCUT2D eigenvalue weighted by molar-refractivity contribution is 5.18. The molecule has 1 aromatic rings. The molecule has 3 nitrogen and oxygen atoms in total. The van der Waals surface area contributed by atoms with Crippen LogP contribution in [-0.2, 0) is 14.2 Å². The maximum Gasteiger partial charge on any atom is 0.160 e. The van der Waals surface area contributed by atoms with Crippen LogP contribution >= 0.6 is 0 Å². The molecule has 15 heavy (non-hydrogen) atoms. The van der Waals surface area contributed by atoms with E-state index in [1.807, 2.05) is 18.2 Å². The van der Waals surface area contributed by atoms with Crippen LogP contribution in [0.1, 0.15) is 18.1 Å². The zero-order valence-corrected chi connectivity index (χ0v) is 8.89. The van der Waals surface area contributed by atoms with Crippen molar-refractivity contribution in [3.63, 3.8) is 0 Å². The van der Waals surface area contributed by atoms with Gasteiger partial charge in [0.1, 0.15) is 6.10 Å². The van der Waals surface area contributed by atoms with E-state index in [9.17, 15) is 0 Å². The molecule has 1 fully saturated rings. The van der Waals surface area contributed by atoms with Gasteiger partial charge in [-0.05, 0) is 5.56 Å². The van der Waals surface area contributed by atoms with Gasteiger partial charge in [-0.3, -0.25) is 0 Å². The summed E-state index contributed by atoms with van der Waals surface area (Å²) < 4.78 is 16.3. The Morgan fingerprint density at radius 3 is 2.87 bits per heavy atom. The van der Waals surface area contributed by atoms with Gasteiger partial charge in [0.2, 0.25) is 0 Å². The molecule has 0 aromatic heterocycles. The van der Waals surface area contributed by atoms with E-state index in [0.29, 0.717) is 13.2 Å². The summed E-state index contributed by atoms with van der Waals surface area (Å²) in [5.41, 5.74) is 1.18. The van der Waals surface area contributed by atoms with Gasteiger partial charge in [-0.15, -0.1) is 0 Å². The van der Waals surface area contributed by atoms with Crippen LogP contribution in [0.3, 0.4) is 0 Å². The second-order valence-electron chi connectivity index (χ2n) is 3.58. The third kappa shape index (κ3) is 2.78. The zero-order valence-electron chi connectivity index (χ0n) is 8.89. The average molecular weight is 208 g/mol. The number of methoxy groups -OCH3 is 1. The Morgan fingerprint density at radius 2 is 2.13 bits per heavy atom. The van der Waals surface area contributed by atoms with Gasteiger partial charge in [-0.1, -0.05) is 30.3 Å². The summed E-state index contributed by atoms with van der Waals surface area (Å²) in [6.07, 6.45) is 0.753. The minimum atomic E-state index is -0.116. The van der Waals surface area contributed by atoms with E-state index in [1.54, 1.807) is 7.11 Å². The molecule has 0 saturated carbocycles. The zero-order chi connectivity index (χ0) is 10.5. The van der Waals surface area contributed by atoms with E-state index in [1.165, 1.54) is 5.56 Å². The summed E-state index contributed by atoms with van der Waals surface area (Å²) in [6.45, 7) is 1.31. The summed E-state index contributed by atoms with van der Waals surface area (Å²) in [5.74, 6) is 0. The molecule has 2 rings (SSSR count). The van der Waals surface area contributed by atoms with Gasteiger partial charge in [0.05, 0.1) is 13.2 Å². The van der Waals surface area contributed by atoms with Gasteiger partial charge >= 0.3 is 0 Å². The minimum absolute atomic E-state index is 0.0769. The lowest BCUT2D eigenvalue weighted by Crippen LogP contribution is -2.10. The Kier molecular flexibility index (Phi) is 3.72. The van der Waals surface area contributed by atoms with E-state index >= 15 is 0 Å². The highest BCUT2D eigenvalue weighted by atomic mass is 16.7. The third-order valence-corrected chi connectivity index (χ3v) is 2.48. The second-order valence-corrected chi connectivity index (χ2v) is 3.58. The van der Waals surface area contributed by atoms with Gasteiger partial charge in [0.15, 0.2) is 6.29 Å². The lowest BCUT2D eigenvalue weighted by Gasteiger charge is -2.10. The highest BCUT2D eigenvalue weighted by Gasteiger charge is 2.26. The molecule has 0 unspecified atom stereocenters. The molecule has 1 heterocycles. The van der Waals surface area contributed by atoms with Crippen LogP contribution in [0.2, 0.25) is 0 Å². The van der Waals surface area contributed by atoms with Crippen molar-refractivity contribution >= 4 is 0 Å². The van der Waals surface area contributed by atoms with Crippen molar-refractivity contribution in [3.8, 4) is 0 Å².